The third-order valence-corrected chi connectivity index (χ3v) is 3.05. The van der Waals surface area contributed by atoms with Crippen molar-refractivity contribution in [1.29, 1.82) is 0 Å². The molecule has 21 heavy (non-hydrogen) atoms. The van der Waals surface area contributed by atoms with E-state index < -0.39 is 0 Å². The summed E-state index contributed by atoms with van der Waals surface area (Å²) in [5.74, 6) is 0.554. The van der Waals surface area contributed by atoms with Gasteiger partial charge in [-0.15, -0.1) is 0 Å². The van der Waals surface area contributed by atoms with Gasteiger partial charge in [0.1, 0.15) is 18.2 Å². The maximum atomic E-state index is 13.2. The Morgan fingerprint density at radius 2 is 1.95 bits per heavy atom. The van der Waals surface area contributed by atoms with Gasteiger partial charge in [-0.25, -0.2) is 4.39 Å². The number of aryl methyl sites for hydroxylation is 1. The molecular formula is C17H20FNO2. The van der Waals surface area contributed by atoms with Crippen LogP contribution in [0.15, 0.2) is 42.5 Å². The summed E-state index contributed by atoms with van der Waals surface area (Å²) in [7, 11) is 1.64. The zero-order chi connectivity index (χ0) is 15.1. The van der Waals surface area contributed by atoms with Crippen molar-refractivity contribution >= 4 is 5.69 Å². The standard InChI is InChI=1S/C17H20FNO2/c1-13-6-7-16(17(10-13)21-9-8-20-2)19-12-14-4-3-5-15(18)11-14/h3-7,10-11,19H,8-9,12H2,1-2H3. The molecule has 0 bridgehead atoms. The summed E-state index contributed by atoms with van der Waals surface area (Å²) in [6.45, 7) is 3.59. The van der Waals surface area contributed by atoms with Crippen molar-refractivity contribution in [2.24, 2.45) is 0 Å². The van der Waals surface area contributed by atoms with Gasteiger partial charge in [-0.1, -0.05) is 18.2 Å². The van der Waals surface area contributed by atoms with E-state index in [2.05, 4.69) is 5.32 Å². The quantitative estimate of drug-likeness (QED) is 0.787. The Morgan fingerprint density at radius 1 is 1.10 bits per heavy atom. The van der Waals surface area contributed by atoms with Crippen LogP contribution >= 0.6 is 0 Å². The van der Waals surface area contributed by atoms with Gasteiger partial charge >= 0.3 is 0 Å². The normalized spacial score (nSPS) is 10.4. The van der Waals surface area contributed by atoms with Crippen LogP contribution in [-0.4, -0.2) is 20.3 Å². The van der Waals surface area contributed by atoms with Gasteiger partial charge in [-0.05, 0) is 42.3 Å². The number of benzene rings is 2. The van der Waals surface area contributed by atoms with Crippen LogP contribution in [-0.2, 0) is 11.3 Å². The van der Waals surface area contributed by atoms with Crippen molar-refractivity contribution < 1.29 is 13.9 Å². The van der Waals surface area contributed by atoms with Gasteiger partial charge in [0.15, 0.2) is 0 Å². The minimum atomic E-state index is -0.227. The molecule has 0 saturated carbocycles. The van der Waals surface area contributed by atoms with Crippen molar-refractivity contribution in [1.82, 2.24) is 0 Å². The first-order chi connectivity index (χ1) is 10.2. The lowest BCUT2D eigenvalue weighted by atomic mass is 10.2. The Morgan fingerprint density at radius 3 is 2.71 bits per heavy atom. The number of anilines is 1. The van der Waals surface area contributed by atoms with Crippen molar-refractivity contribution in [2.75, 3.05) is 25.6 Å². The van der Waals surface area contributed by atoms with Crippen molar-refractivity contribution in [3.8, 4) is 5.75 Å². The number of halogens is 1. The van der Waals surface area contributed by atoms with Crippen LogP contribution in [0.5, 0.6) is 5.75 Å². The van der Waals surface area contributed by atoms with Crippen LogP contribution in [0.2, 0.25) is 0 Å². The van der Waals surface area contributed by atoms with Crippen molar-refractivity contribution in [2.45, 2.75) is 13.5 Å². The van der Waals surface area contributed by atoms with Crippen LogP contribution < -0.4 is 10.1 Å². The first-order valence-electron chi connectivity index (χ1n) is 6.90. The summed E-state index contributed by atoms with van der Waals surface area (Å²) in [4.78, 5) is 0. The highest BCUT2D eigenvalue weighted by molar-refractivity contribution is 5.57. The molecule has 0 aliphatic rings. The van der Waals surface area contributed by atoms with Crippen LogP contribution in [0, 0.1) is 12.7 Å². The molecule has 0 radical (unpaired) electrons. The number of nitrogens with one attached hydrogen (secondary N) is 1. The Labute approximate surface area is 124 Å². The highest BCUT2D eigenvalue weighted by Gasteiger charge is 2.04. The van der Waals surface area contributed by atoms with E-state index in [4.69, 9.17) is 9.47 Å². The lowest BCUT2D eigenvalue weighted by Gasteiger charge is -2.14. The molecule has 0 aromatic heterocycles. The third kappa shape index (κ3) is 4.76. The van der Waals surface area contributed by atoms with E-state index in [0.29, 0.717) is 19.8 Å². The molecule has 0 heterocycles. The summed E-state index contributed by atoms with van der Waals surface area (Å²) in [5.41, 5.74) is 2.90. The molecular weight excluding hydrogens is 269 g/mol. The van der Waals surface area contributed by atoms with E-state index >= 15 is 0 Å². The second kappa shape index (κ2) is 7.64. The topological polar surface area (TPSA) is 30.5 Å². The average molecular weight is 289 g/mol. The van der Waals surface area contributed by atoms with Crippen LogP contribution in [0.4, 0.5) is 10.1 Å². The molecule has 4 heteroatoms. The molecule has 0 unspecified atom stereocenters. The van der Waals surface area contributed by atoms with Gasteiger partial charge in [0.05, 0.1) is 12.3 Å². The SMILES string of the molecule is COCCOc1cc(C)ccc1NCc1cccc(F)c1. The molecule has 2 rings (SSSR count). The number of hydrogen-bond donors (Lipinski definition) is 1. The van der Waals surface area contributed by atoms with E-state index in [1.54, 1.807) is 13.2 Å². The largest absolute Gasteiger partial charge is 0.489 e. The fraction of sp³-hybridized carbons (Fsp3) is 0.294. The zero-order valence-electron chi connectivity index (χ0n) is 12.4. The highest BCUT2D eigenvalue weighted by atomic mass is 19.1. The Kier molecular flexibility index (Phi) is 5.58. The second-order valence-electron chi connectivity index (χ2n) is 4.82. The minimum absolute atomic E-state index is 0.227. The summed E-state index contributed by atoms with van der Waals surface area (Å²) < 4.78 is 23.9. The van der Waals surface area contributed by atoms with Crippen molar-refractivity contribution in [3.63, 3.8) is 0 Å². The van der Waals surface area contributed by atoms with Crippen LogP contribution in [0.25, 0.3) is 0 Å². The third-order valence-electron chi connectivity index (χ3n) is 3.05. The maximum absolute atomic E-state index is 13.2. The average Bonchev–Trinajstić information content (AvgIpc) is 2.47. The molecule has 0 atom stereocenters. The summed E-state index contributed by atoms with van der Waals surface area (Å²) >= 11 is 0. The van der Waals surface area contributed by atoms with E-state index in [0.717, 1.165) is 22.6 Å². The molecule has 0 spiro atoms. The van der Waals surface area contributed by atoms with E-state index in [1.807, 2.05) is 31.2 Å². The Bertz CT molecular complexity index is 587. The van der Waals surface area contributed by atoms with Crippen LogP contribution in [0.1, 0.15) is 11.1 Å². The molecule has 2 aromatic rings. The fourth-order valence-corrected chi connectivity index (χ4v) is 1.97. The number of methoxy groups -OCH3 is 1. The van der Waals surface area contributed by atoms with E-state index in [9.17, 15) is 4.39 Å². The van der Waals surface area contributed by atoms with E-state index in [1.165, 1.54) is 12.1 Å². The molecule has 1 N–H and O–H groups in total. The number of ether oxygens (including phenoxy) is 2. The summed E-state index contributed by atoms with van der Waals surface area (Å²) in [5, 5.41) is 3.28. The molecule has 0 saturated heterocycles. The Hall–Kier alpha value is -2.07. The smallest absolute Gasteiger partial charge is 0.142 e. The lowest BCUT2D eigenvalue weighted by molar-refractivity contribution is 0.146. The monoisotopic (exact) mass is 289 g/mol. The van der Waals surface area contributed by atoms with Gasteiger partial charge in [0.25, 0.3) is 0 Å². The lowest BCUT2D eigenvalue weighted by Crippen LogP contribution is -2.07. The summed E-state index contributed by atoms with van der Waals surface area (Å²) in [6, 6.07) is 12.5. The van der Waals surface area contributed by atoms with Gasteiger partial charge < -0.3 is 14.8 Å². The Balaban J connectivity index is 2.04. The molecule has 2 aromatic carbocycles. The van der Waals surface area contributed by atoms with Gasteiger partial charge in [0.2, 0.25) is 0 Å². The predicted octanol–water partition coefficient (Wildman–Crippen LogP) is 3.77. The van der Waals surface area contributed by atoms with E-state index in [-0.39, 0.29) is 5.82 Å². The number of rotatable bonds is 7. The number of hydrogen-bond acceptors (Lipinski definition) is 3. The second-order valence-corrected chi connectivity index (χ2v) is 4.82. The predicted molar refractivity (Wildman–Crippen MR) is 82.3 cm³/mol. The summed E-state index contributed by atoms with van der Waals surface area (Å²) in [6.07, 6.45) is 0. The van der Waals surface area contributed by atoms with Crippen molar-refractivity contribution in [3.05, 3.63) is 59.4 Å². The molecule has 112 valence electrons. The first kappa shape index (κ1) is 15.3. The van der Waals surface area contributed by atoms with Crippen LogP contribution in [0.3, 0.4) is 0 Å². The van der Waals surface area contributed by atoms with Gasteiger partial charge in [0, 0.05) is 13.7 Å². The molecule has 0 aliphatic heterocycles. The molecule has 0 amide bonds. The fourth-order valence-electron chi connectivity index (χ4n) is 1.97. The first-order valence-corrected chi connectivity index (χ1v) is 6.90. The maximum Gasteiger partial charge on any atom is 0.142 e. The van der Waals surface area contributed by atoms with Gasteiger partial charge in [-0.2, -0.15) is 0 Å². The molecule has 0 fully saturated rings. The molecule has 0 aliphatic carbocycles. The zero-order valence-corrected chi connectivity index (χ0v) is 12.4. The van der Waals surface area contributed by atoms with Gasteiger partial charge in [-0.3, -0.25) is 0 Å². The molecule has 3 nitrogen and oxygen atoms in total. The minimum Gasteiger partial charge on any atom is -0.489 e. The highest BCUT2D eigenvalue weighted by Crippen LogP contribution is 2.26.